The number of rotatable bonds is 3. The van der Waals surface area contributed by atoms with Crippen molar-refractivity contribution in [3.8, 4) is 0 Å². The molecule has 86 valence electrons. The summed E-state index contributed by atoms with van der Waals surface area (Å²) >= 11 is 5.74. The molecule has 0 saturated heterocycles. The Morgan fingerprint density at radius 1 is 1.56 bits per heavy atom. The molecule has 0 aliphatic rings. The average molecular weight is 244 g/mol. The van der Waals surface area contributed by atoms with Crippen LogP contribution in [0, 0.1) is 10.1 Å². The molecule has 1 rings (SSSR count). The minimum atomic E-state index is -0.698. The molecule has 0 radical (unpaired) electrons. The summed E-state index contributed by atoms with van der Waals surface area (Å²) in [5, 5.41) is 11.1. The normalized spacial score (nSPS) is 11.9. The minimum Gasteiger partial charge on any atom is -0.458 e. The van der Waals surface area contributed by atoms with E-state index in [9.17, 15) is 14.9 Å². The molecule has 1 unspecified atom stereocenters. The highest BCUT2D eigenvalue weighted by Crippen LogP contribution is 2.29. The molecule has 0 aromatic heterocycles. The Kier molecular flexibility index (Phi) is 3.84. The number of hydrogen-bond acceptors (Lipinski definition) is 4. The zero-order valence-corrected chi connectivity index (χ0v) is 9.52. The largest absolute Gasteiger partial charge is 0.458 e. The van der Waals surface area contributed by atoms with Gasteiger partial charge in [0, 0.05) is 18.0 Å². The average Bonchev–Trinajstić information content (AvgIpc) is 2.15. The molecule has 0 bridgehead atoms. The summed E-state index contributed by atoms with van der Waals surface area (Å²) in [7, 11) is 0. The number of nitro benzene ring substituents is 1. The Labute approximate surface area is 97.1 Å². The van der Waals surface area contributed by atoms with E-state index >= 15 is 0 Å². The number of hydrogen-bond donors (Lipinski definition) is 0. The van der Waals surface area contributed by atoms with Crippen LogP contribution in [0.2, 0.25) is 5.02 Å². The third kappa shape index (κ3) is 2.93. The summed E-state index contributed by atoms with van der Waals surface area (Å²) in [6.45, 7) is 2.80. The summed E-state index contributed by atoms with van der Waals surface area (Å²) in [4.78, 5) is 21.0. The SMILES string of the molecule is CC(=O)OC(C)c1cc(Cl)ccc1[N+](=O)[O-]. The van der Waals surface area contributed by atoms with Gasteiger partial charge in [-0.05, 0) is 19.1 Å². The zero-order valence-electron chi connectivity index (χ0n) is 8.77. The van der Waals surface area contributed by atoms with Gasteiger partial charge in [-0.2, -0.15) is 0 Å². The molecule has 0 heterocycles. The molecule has 0 aliphatic heterocycles. The third-order valence-electron chi connectivity index (χ3n) is 1.97. The second kappa shape index (κ2) is 4.94. The third-order valence-corrected chi connectivity index (χ3v) is 2.20. The highest BCUT2D eigenvalue weighted by Gasteiger charge is 2.21. The second-order valence-electron chi connectivity index (χ2n) is 3.21. The van der Waals surface area contributed by atoms with Crippen LogP contribution >= 0.6 is 11.6 Å². The molecular formula is C10H10ClNO4. The summed E-state index contributed by atoms with van der Waals surface area (Å²) in [5.41, 5.74) is 0.172. The van der Waals surface area contributed by atoms with Gasteiger partial charge in [-0.1, -0.05) is 11.6 Å². The molecule has 1 aromatic carbocycles. The van der Waals surface area contributed by atoms with Crippen LogP contribution in [0.1, 0.15) is 25.5 Å². The van der Waals surface area contributed by atoms with Crippen molar-refractivity contribution in [3.05, 3.63) is 38.9 Å². The highest BCUT2D eigenvalue weighted by molar-refractivity contribution is 6.30. The first-order chi connectivity index (χ1) is 7.41. The predicted octanol–water partition coefficient (Wildman–Crippen LogP) is 2.87. The maximum absolute atomic E-state index is 10.8. The highest BCUT2D eigenvalue weighted by atomic mass is 35.5. The van der Waals surface area contributed by atoms with Gasteiger partial charge in [-0.25, -0.2) is 0 Å². The van der Waals surface area contributed by atoms with E-state index in [1.54, 1.807) is 6.92 Å². The Morgan fingerprint density at radius 2 is 2.19 bits per heavy atom. The molecule has 1 aromatic rings. The molecule has 16 heavy (non-hydrogen) atoms. The summed E-state index contributed by atoms with van der Waals surface area (Å²) in [5.74, 6) is -0.498. The van der Waals surface area contributed by atoms with Gasteiger partial charge < -0.3 is 4.74 Å². The fourth-order valence-electron chi connectivity index (χ4n) is 1.33. The Bertz CT molecular complexity index is 433. The van der Waals surface area contributed by atoms with Crippen LogP contribution < -0.4 is 0 Å². The molecule has 6 heteroatoms. The topological polar surface area (TPSA) is 69.4 Å². The quantitative estimate of drug-likeness (QED) is 0.465. The van der Waals surface area contributed by atoms with Crippen molar-refractivity contribution in [2.75, 3.05) is 0 Å². The lowest BCUT2D eigenvalue weighted by Gasteiger charge is -2.12. The monoisotopic (exact) mass is 243 g/mol. The maximum Gasteiger partial charge on any atom is 0.303 e. The lowest BCUT2D eigenvalue weighted by Crippen LogP contribution is -2.07. The number of carbonyl (C=O) groups is 1. The fourth-order valence-corrected chi connectivity index (χ4v) is 1.51. The van der Waals surface area contributed by atoms with E-state index in [1.807, 2.05) is 0 Å². The van der Waals surface area contributed by atoms with Crippen molar-refractivity contribution in [2.45, 2.75) is 20.0 Å². The van der Waals surface area contributed by atoms with Crippen LogP contribution in [0.15, 0.2) is 18.2 Å². The minimum absolute atomic E-state index is 0.113. The van der Waals surface area contributed by atoms with Gasteiger partial charge in [-0.3, -0.25) is 14.9 Å². The number of benzene rings is 1. The molecule has 0 spiro atoms. The van der Waals surface area contributed by atoms with Crippen molar-refractivity contribution >= 4 is 23.3 Å². The summed E-state index contributed by atoms with van der Waals surface area (Å²) < 4.78 is 4.88. The van der Waals surface area contributed by atoms with E-state index in [0.717, 1.165) is 0 Å². The van der Waals surface area contributed by atoms with E-state index in [4.69, 9.17) is 16.3 Å². The van der Waals surface area contributed by atoms with Crippen molar-refractivity contribution in [3.63, 3.8) is 0 Å². The summed E-state index contributed by atoms with van der Waals surface area (Å²) in [6, 6.07) is 4.13. The van der Waals surface area contributed by atoms with Gasteiger partial charge in [0.05, 0.1) is 10.5 Å². The van der Waals surface area contributed by atoms with Crippen molar-refractivity contribution in [2.24, 2.45) is 0 Å². The van der Waals surface area contributed by atoms with E-state index in [1.165, 1.54) is 25.1 Å². The number of halogens is 1. The van der Waals surface area contributed by atoms with Crippen LogP contribution in [0.5, 0.6) is 0 Å². The number of nitrogens with zero attached hydrogens (tertiary/aromatic N) is 1. The Balaban J connectivity index is 3.13. The lowest BCUT2D eigenvalue weighted by atomic mass is 10.1. The lowest BCUT2D eigenvalue weighted by molar-refractivity contribution is -0.386. The van der Waals surface area contributed by atoms with Gasteiger partial charge in [0.2, 0.25) is 0 Å². The molecule has 0 aliphatic carbocycles. The van der Waals surface area contributed by atoms with Gasteiger partial charge >= 0.3 is 5.97 Å². The first-order valence-electron chi connectivity index (χ1n) is 4.53. The van der Waals surface area contributed by atoms with Crippen molar-refractivity contribution in [1.29, 1.82) is 0 Å². The first-order valence-corrected chi connectivity index (χ1v) is 4.90. The molecular weight excluding hydrogens is 234 g/mol. The molecule has 1 atom stereocenters. The van der Waals surface area contributed by atoms with Crippen LogP contribution in [0.4, 0.5) is 5.69 Å². The Morgan fingerprint density at radius 3 is 2.69 bits per heavy atom. The molecule has 0 N–H and O–H groups in total. The van der Waals surface area contributed by atoms with E-state index in [-0.39, 0.29) is 11.3 Å². The number of esters is 1. The van der Waals surface area contributed by atoms with Crippen LogP contribution in [-0.2, 0) is 9.53 Å². The molecule has 0 saturated carbocycles. The molecule has 0 fully saturated rings. The van der Waals surface area contributed by atoms with E-state index in [0.29, 0.717) is 5.02 Å². The number of carbonyl (C=O) groups excluding carboxylic acids is 1. The Hall–Kier alpha value is -1.62. The summed E-state index contributed by atoms with van der Waals surface area (Å²) in [6.07, 6.45) is -0.698. The van der Waals surface area contributed by atoms with Gasteiger partial charge in [0.1, 0.15) is 6.10 Å². The van der Waals surface area contributed by atoms with E-state index in [2.05, 4.69) is 0 Å². The van der Waals surface area contributed by atoms with Gasteiger partial charge in [0.15, 0.2) is 0 Å². The fraction of sp³-hybridized carbons (Fsp3) is 0.300. The van der Waals surface area contributed by atoms with Crippen LogP contribution in [0.3, 0.4) is 0 Å². The van der Waals surface area contributed by atoms with Gasteiger partial charge in [0.25, 0.3) is 5.69 Å². The van der Waals surface area contributed by atoms with Crippen molar-refractivity contribution in [1.82, 2.24) is 0 Å². The van der Waals surface area contributed by atoms with Crippen molar-refractivity contribution < 1.29 is 14.5 Å². The smallest absolute Gasteiger partial charge is 0.303 e. The first kappa shape index (κ1) is 12.4. The number of nitro groups is 1. The second-order valence-corrected chi connectivity index (χ2v) is 3.65. The zero-order chi connectivity index (χ0) is 12.3. The van der Waals surface area contributed by atoms with E-state index < -0.39 is 17.0 Å². The van der Waals surface area contributed by atoms with Crippen LogP contribution in [-0.4, -0.2) is 10.9 Å². The predicted molar refractivity (Wildman–Crippen MR) is 58.3 cm³/mol. The maximum atomic E-state index is 10.8. The molecule has 0 amide bonds. The standard InChI is InChI=1S/C10H10ClNO4/c1-6(16-7(2)13)9-5-8(11)3-4-10(9)12(14)15/h3-6H,1-2H3. The number of ether oxygens (including phenoxy) is 1. The molecule has 5 nitrogen and oxygen atoms in total. The van der Waals surface area contributed by atoms with Gasteiger partial charge in [-0.15, -0.1) is 0 Å². The van der Waals surface area contributed by atoms with Crippen LogP contribution in [0.25, 0.3) is 0 Å².